The average molecular weight is 501 g/mol. The molecule has 0 bridgehead atoms. The number of unbranched alkanes of at least 4 members (excludes halogenated alkanes) is 1. The fraction of sp³-hybridized carbons (Fsp3) is 0.611. The predicted octanol–water partition coefficient (Wildman–Crippen LogP) is 3.79. The van der Waals surface area contributed by atoms with Crippen LogP contribution >= 0.6 is 24.0 Å². The molecule has 0 amide bonds. The van der Waals surface area contributed by atoms with Crippen LogP contribution in [0, 0.1) is 0 Å². The summed E-state index contributed by atoms with van der Waals surface area (Å²) in [4.78, 5) is 4.47. The predicted molar refractivity (Wildman–Crippen MR) is 114 cm³/mol. The maximum Gasteiger partial charge on any atom is 0.387 e. The van der Waals surface area contributed by atoms with Crippen molar-refractivity contribution >= 4 is 29.9 Å². The molecule has 0 saturated carbocycles. The summed E-state index contributed by atoms with van der Waals surface area (Å²) < 4.78 is 39.8. The summed E-state index contributed by atoms with van der Waals surface area (Å²) in [6.07, 6.45) is 1.95. The van der Waals surface area contributed by atoms with Crippen molar-refractivity contribution < 1.29 is 23.0 Å². The number of nitrogens with zero attached hydrogens (tertiary/aromatic N) is 1. The zero-order valence-corrected chi connectivity index (χ0v) is 18.4. The van der Waals surface area contributed by atoms with E-state index in [1.54, 1.807) is 12.1 Å². The monoisotopic (exact) mass is 501 g/mol. The van der Waals surface area contributed by atoms with E-state index < -0.39 is 6.61 Å². The van der Waals surface area contributed by atoms with Crippen molar-refractivity contribution in [2.75, 3.05) is 33.4 Å². The van der Waals surface area contributed by atoms with Crippen molar-refractivity contribution in [2.24, 2.45) is 4.99 Å². The Kier molecular flexibility index (Phi) is 14.9. The zero-order chi connectivity index (χ0) is 19.2. The Morgan fingerprint density at radius 3 is 2.56 bits per heavy atom. The summed E-state index contributed by atoms with van der Waals surface area (Å²) in [5, 5.41) is 6.40. The molecule has 6 nitrogen and oxygen atoms in total. The molecule has 0 radical (unpaired) electrons. The molecule has 0 aliphatic heterocycles. The van der Waals surface area contributed by atoms with Crippen LogP contribution in [0.25, 0.3) is 0 Å². The minimum atomic E-state index is -2.90. The number of alkyl halides is 2. The summed E-state index contributed by atoms with van der Waals surface area (Å²) in [7, 11) is 1.41. The molecule has 9 heteroatoms. The van der Waals surface area contributed by atoms with E-state index in [2.05, 4.69) is 20.4 Å². The van der Waals surface area contributed by atoms with Gasteiger partial charge in [-0.1, -0.05) is 6.07 Å². The number of ether oxygens (including phenoxy) is 3. The molecule has 0 aromatic heterocycles. The third-order valence-corrected chi connectivity index (χ3v) is 3.42. The van der Waals surface area contributed by atoms with Crippen LogP contribution in [-0.4, -0.2) is 46.0 Å². The minimum absolute atomic E-state index is 0. The molecule has 1 aromatic carbocycles. The first-order chi connectivity index (χ1) is 12.6. The molecule has 27 heavy (non-hydrogen) atoms. The molecule has 0 aliphatic carbocycles. The molecular formula is C18H30F2IN3O3. The number of hydrogen-bond acceptors (Lipinski definition) is 4. The van der Waals surface area contributed by atoms with Crippen LogP contribution in [0.5, 0.6) is 11.5 Å². The normalized spacial score (nSPS) is 11.1. The van der Waals surface area contributed by atoms with Gasteiger partial charge >= 0.3 is 6.61 Å². The van der Waals surface area contributed by atoms with Crippen molar-refractivity contribution in [1.29, 1.82) is 0 Å². The second kappa shape index (κ2) is 15.7. The van der Waals surface area contributed by atoms with E-state index in [4.69, 9.17) is 9.47 Å². The molecule has 0 atom stereocenters. The smallest absolute Gasteiger partial charge is 0.387 e. The summed E-state index contributed by atoms with van der Waals surface area (Å²) >= 11 is 0. The fourth-order valence-electron chi connectivity index (χ4n) is 2.20. The molecule has 2 N–H and O–H groups in total. The van der Waals surface area contributed by atoms with Gasteiger partial charge in [-0.15, -0.1) is 24.0 Å². The number of nitrogens with one attached hydrogen (secondary N) is 2. The first-order valence-electron chi connectivity index (χ1n) is 8.82. The topological polar surface area (TPSA) is 64.1 Å². The van der Waals surface area contributed by atoms with Crippen LogP contribution in [0.15, 0.2) is 23.2 Å². The maximum absolute atomic E-state index is 12.5. The quantitative estimate of drug-likeness (QED) is 0.198. The lowest BCUT2D eigenvalue weighted by atomic mass is 10.2. The molecule has 0 heterocycles. The Hall–Kier alpha value is -1.36. The van der Waals surface area contributed by atoms with Gasteiger partial charge in [-0.05, 0) is 44.4 Å². The van der Waals surface area contributed by atoms with Crippen LogP contribution in [0.3, 0.4) is 0 Å². The van der Waals surface area contributed by atoms with Crippen molar-refractivity contribution in [3.8, 4) is 11.5 Å². The summed E-state index contributed by atoms with van der Waals surface area (Å²) in [6.45, 7) is 4.38. The highest BCUT2D eigenvalue weighted by Crippen LogP contribution is 2.29. The Morgan fingerprint density at radius 2 is 1.93 bits per heavy atom. The van der Waals surface area contributed by atoms with Gasteiger partial charge in [0, 0.05) is 26.3 Å². The molecule has 0 saturated heterocycles. The molecule has 0 unspecified atom stereocenters. The van der Waals surface area contributed by atoms with Gasteiger partial charge in [-0.3, -0.25) is 0 Å². The molecular weight excluding hydrogens is 471 g/mol. The second-order valence-corrected chi connectivity index (χ2v) is 5.39. The van der Waals surface area contributed by atoms with E-state index in [9.17, 15) is 8.78 Å². The lowest BCUT2D eigenvalue weighted by Crippen LogP contribution is -2.37. The maximum atomic E-state index is 12.5. The van der Waals surface area contributed by atoms with E-state index in [1.165, 1.54) is 13.2 Å². The molecule has 156 valence electrons. The van der Waals surface area contributed by atoms with Gasteiger partial charge < -0.3 is 24.8 Å². The Labute approximate surface area is 177 Å². The Morgan fingerprint density at radius 1 is 1.15 bits per heavy atom. The van der Waals surface area contributed by atoms with Crippen molar-refractivity contribution in [1.82, 2.24) is 10.6 Å². The fourth-order valence-corrected chi connectivity index (χ4v) is 2.20. The second-order valence-electron chi connectivity index (χ2n) is 5.39. The van der Waals surface area contributed by atoms with E-state index in [-0.39, 0.29) is 35.5 Å². The average Bonchev–Trinajstić information content (AvgIpc) is 2.62. The number of methoxy groups -OCH3 is 1. The van der Waals surface area contributed by atoms with Gasteiger partial charge in [0.1, 0.15) is 0 Å². The minimum Gasteiger partial charge on any atom is -0.493 e. The number of guanidine groups is 1. The molecule has 0 spiro atoms. The lowest BCUT2D eigenvalue weighted by Gasteiger charge is -2.13. The molecule has 0 fully saturated rings. The number of halogens is 3. The van der Waals surface area contributed by atoms with E-state index in [1.807, 2.05) is 13.8 Å². The SMILES string of the molecule is CCNC(=NCc1ccc(OC)c(OC(F)F)c1)NCCCCOCC.I. The lowest BCUT2D eigenvalue weighted by molar-refractivity contribution is -0.0512. The van der Waals surface area contributed by atoms with Gasteiger partial charge in [0.2, 0.25) is 0 Å². The Balaban J connectivity index is 0.00000676. The zero-order valence-electron chi connectivity index (χ0n) is 16.1. The molecule has 0 aliphatic rings. The van der Waals surface area contributed by atoms with E-state index in [0.717, 1.165) is 44.7 Å². The van der Waals surface area contributed by atoms with Gasteiger partial charge in [0.15, 0.2) is 17.5 Å². The van der Waals surface area contributed by atoms with Crippen LogP contribution < -0.4 is 20.1 Å². The number of rotatable bonds is 12. The largest absolute Gasteiger partial charge is 0.493 e. The first kappa shape index (κ1) is 25.6. The Bertz CT molecular complexity index is 549. The van der Waals surface area contributed by atoms with Gasteiger partial charge in [0.05, 0.1) is 13.7 Å². The number of hydrogen-bond donors (Lipinski definition) is 2. The van der Waals surface area contributed by atoms with Gasteiger partial charge in [-0.2, -0.15) is 8.78 Å². The van der Waals surface area contributed by atoms with Crippen LogP contribution in [0.4, 0.5) is 8.78 Å². The van der Waals surface area contributed by atoms with Crippen molar-refractivity contribution in [3.63, 3.8) is 0 Å². The van der Waals surface area contributed by atoms with Crippen LogP contribution in [-0.2, 0) is 11.3 Å². The van der Waals surface area contributed by atoms with Crippen molar-refractivity contribution in [3.05, 3.63) is 23.8 Å². The highest BCUT2D eigenvalue weighted by molar-refractivity contribution is 14.0. The third-order valence-electron chi connectivity index (χ3n) is 3.42. The summed E-state index contributed by atoms with van der Waals surface area (Å²) in [5.74, 6) is 0.942. The highest BCUT2D eigenvalue weighted by atomic mass is 127. The van der Waals surface area contributed by atoms with Crippen molar-refractivity contribution in [2.45, 2.75) is 39.8 Å². The van der Waals surface area contributed by atoms with Gasteiger partial charge in [-0.25, -0.2) is 4.99 Å². The van der Waals surface area contributed by atoms with Gasteiger partial charge in [0.25, 0.3) is 0 Å². The number of aliphatic imine (C=N–C) groups is 1. The molecule has 1 aromatic rings. The van der Waals surface area contributed by atoms with E-state index >= 15 is 0 Å². The van der Waals surface area contributed by atoms with Crippen LogP contribution in [0.1, 0.15) is 32.3 Å². The summed E-state index contributed by atoms with van der Waals surface area (Å²) in [6, 6.07) is 4.88. The number of benzene rings is 1. The summed E-state index contributed by atoms with van der Waals surface area (Å²) in [5.41, 5.74) is 0.745. The highest BCUT2D eigenvalue weighted by Gasteiger charge is 2.11. The first-order valence-corrected chi connectivity index (χ1v) is 8.82. The van der Waals surface area contributed by atoms with Crippen LogP contribution in [0.2, 0.25) is 0 Å². The van der Waals surface area contributed by atoms with E-state index in [0.29, 0.717) is 12.5 Å². The molecule has 1 rings (SSSR count). The standard InChI is InChI=1S/C18H29F2N3O3.HI/c1-4-21-18(22-10-6-7-11-25-5-2)23-13-14-8-9-15(24-3)16(12-14)26-17(19)20;/h8-9,12,17H,4-7,10-11,13H2,1-3H3,(H2,21,22,23);1H. The third kappa shape index (κ3) is 11.2.